The van der Waals surface area contributed by atoms with Gasteiger partial charge in [-0.15, -0.1) is 0 Å². The fraction of sp³-hybridized carbons (Fsp3) is 0.667. The van der Waals surface area contributed by atoms with Crippen molar-refractivity contribution in [3.8, 4) is 0 Å². The average Bonchev–Trinajstić information content (AvgIpc) is 2.63. The summed E-state index contributed by atoms with van der Waals surface area (Å²) in [4.78, 5) is 14.6. The zero-order valence-corrected chi connectivity index (χ0v) is 18.0. The van der Waals surface area contributed by atoms with E-state index in [9.17, 15) is 9.18 Å². The Balaban J connectivity index is 2.07. The Morgan fingerprint density at radius 3 is 2.82 bits per heavy atom. The van der Waals surface area contributed by atoms with Crippen molar-refractivity contribution < 1.29 is 18.7 Å². The van der Waals surface area contributed by atoms with Crippen molar-refractivity contribution in [2.45, 2.75) is 52.4 Å². The molecule has 2 rings (SSSR count). The van der Waals surface area contributed by atoms with Crippen LogP contribution in [0.5, 0.6) is 0 Å². The average molecular weight is 415 g/mol. The van der Waals surface area contributed by atoms with Crippen LogP contribution in [0.2, 0.25) is 5.02 Å². The summed E-state index contributed by atoms with van der Waals surface area (Å²) in [5, 5.41) is 3.27. The third-order valence-electron chi connectivity index (χ3n) is 4.95. The highest BCUT2D eigenvalue weighted by Crippen LogP contribution is 2.31. The molecule has 1 saturated heterocycles. The largest absolute Gasteiger partial charge is 0.376 e. The van der Waals surface area contributed by atoms with Crippen molar-refractivity contribution in [2.75, 3.05) is 32.8 Å². The molecule has 1 aromatic carbocycles. The predicted octanol–water partition coefficient (Wildman–Crippen LogP) is 3.81. The number of nitrogens with zero attached hydrogens (tertiary/aromatic N) is 1. The molecular formula is C21H32ClFN2O3. The summed E-state index contributed by atoms with van der Waals surface area (Å²) in [6.45, 7) is 10.6. The van der Waals surface area contributed by atoms with Gasteiger partial charge in [-0.2, -0.15) is 0 Å². The van der Waals surface area contributed by atoms with E-state index in [-0.39, 0.29) is 30.4 Å². The van der Waals surface area contributed by atoms with Crippen LogP contribution in [0.1, 0.15) is 45.7 Å². The van der Waals surface area contributed by atoms with Crippen molar-refractivity contribution in [1.82, 2.24) is 10.2 Å². The van der Waals surface area contributed by atoms with Crippen molar-refractivity contribution in [3.63, 3.8) is 0 Å². The molecule has 1 aliphatic heterocycles. The van der Waals surface area contributed by atoms with Gasteiger partial charge in [0.15, 0.2) is 0 Å². The van der Waals surface area contributed by atoms with E-state index in [2.05, 4.69) is 24.1 Å². The van der Waals surface area contributed by atoms with Gasteiger partial charge < -0.3 is 14.8 Å². The van der Waals surface area contributed by atoms with Crippen LogP contribution in [0, 0.1) is 11.7 Å². The predicted molar refractivity (Wildman–Crippen MR) is 109 cm³/mol. The fourth-order valence-corrected chi connectivity index (χ4v) is 3.56. The minimum absolute atomic E-state index is 0.0378. The van der Waals surface area contributed by atoms with E-state index in [1.807, 2.05) is 6.92 Å². The van der Waals surface area contributed by atoms with Crippen molar-refractivity contribution in [1.29, 1.82) is 0 Å². The summed E-state index contributed by atoms with van der Waals surface area (Å²) in [5.74, 6) is -0.0548. The highest BCUT2D eigenvalue weighted by Gasteiger charge is 2.30. The molecule has 0 aliphatic carbocycles. The van der Waals surface area contributed by atoms with E-state index < -0.39 is 6.10 Å². The Morgan fingerprint density at radius 2 is 2.18 bits per heavy atom. The number of rotatable bonds is 9. The summed E-state index contributed by atoms with van der Waals surface area (Å²) in [6, 6.07) is 4.30. The topological polar surface area (TPSA) is 50.8 Å². The Kier molecular flexibility index (Phi) is 9.15. The van der Waals surface area contributed by atoms with Gasteiger partial charge in [0, 0.05) is 36.8 Å². The summed E-state index contributed by atoms with van der Waals surface area (Å²) >= 11 is 6.32. The molecule has 3 unspecified atom stereocenters. The lowest BCUT2D eigenvalue weighted by Crippen LogP contribution is -2.48. The first-order valence-corrected chi connectivity index (χ1v) is 10.4. The highest BCUT2D eigenvalue weighted by atomic mass is 35.5. The Bertz CT molecular complexity index is 624. The van der Waals surface area contributed by atoms with Gasteiger partial charge in [-0.1, -0.05) is 31.5 Å². The summed E-state index contributed by atoms with van der Waals surface area (Å²) in [6.07, 6.45) is 0.381. The van der Waals surface area contributed by atoms with Gasteiger partial charge >= 0.3 is 0 Å². The molecule has 0 bridgehead atoms. The van der Waals surface area contributed by atoms with Gasteiger partial charge in [-0.05, 0) is 38.3 Å². The molecule has 1 aliphatic rings. The Morgan fingerprint density at radius 1 is 1.43 bits per heavy atom. The van der Waals surface area contributed by atoms with Gasteiger partial charge in [0.05, 0.1) is 18.8 Å². The number of hydrogen-bond donors (Lipinski definition) is 1. The van der Waals surface area contributed by atoms with Crippen LogP contribution in [0.15, 0.2) is 18.2 Å². The second-order valence-electron chi connectivity index (χ2n) is 7.77. The van der Waals surface area contributed by atoms with E-state index >= 15 is 0 Å². The second kappa shape index (κ2) is 11.1. The van der Waals surface area contributed by atoms with Crippen molar-refractivity contribution in [2.24, 2.45) is 5.92 Å². The third-order valence-corrected chi connectivity index (χ3v) is 5.28. The molecule has 0 saturated carbocycles. The number of nitrogens with one attached hydrogen (secondary N) is 1. The van der Waals surface area contributed by atoms with Gasteiger partial charge in [0.25, 0.3) is 0 Å². The van der Waals surface area contributed by atoms with Gasteiger partial charge in [-0.3, -0.25) is 9.69 Å². The number of benzene rings is 1. The number of carbonyl (C=O) groups excluding carboxylic acids is 1. The van der Waals surface area contributed by atoms with E-state index in [1.165, 1.54) is 6.07 Å². The number of halogens is 2. The second-order valence-corrected chi connectivity index (χ2v) is 8.18. The van der Waals surface area contributed by atoms with Crippen LogP contribution in [-0.4, -0.2) is 55.9 Å². The Hall–Kier alpha value is -1.21. The van der Waals surface area contributed by atoms with Crippen molar-refractivity contribution >= 4 is 17.5 Å². The molecule has 1 heterocycles. The monoisotopic (exact) mass is 414 g/mol. The fourth-order valence-electron chi connectivity index (χ4n) is 3.27. The van der Waals surface area contributed by atoms with Crippen molar-refractivity contribution in [3.05, 3.63) is 34.6 Å². The molecular weight excluding hydrogens is 383 g/mol. The number of amides is 1. The third kappa shape index (κ3) is 6.69. The van der Waals surface area contributed by atoms with E-state index in [1.54, 1.807) is 19.1 Å². The zero-order chi connectivity index (χ0) is 20.7. The van der Waals surface area contributed by atoms with Gasteiger partial charge in [0.2, 0.25) is 5.91 Å². The number of morpholine rings is 1. The molecule has 1 amide bonds. The molecule has 7 heteroatoms. The molecule has 1 fully saturated rings. The van der Waals surface area contributed by atoms with Gasteiger partial charge in [0.1, 0.15) is 11.9 Å². The van der Waals surface area contributed by atoms with Gasteiger partial charge in [-0.25, -0.2) is 4.39 Å². The number of hydrogen-bond acceptors (Lipinski definition) is 4. The summed E-state index contributed by atoms with van der Waals surface area (Å²) in [7, 11) is 0. The minimum atomic E-state index is -0.556. The first-order valence-electron chi connectivity index (χ1n) is 9.98. The van der Waals surface area contributed by atoms with Crippen LogP contribution < -0.4 is 5.32 Å². The van der Waals surface area contributed by atoms with E-state index in [0.717, 1.165) is 6.42 Å². The molecule has 1 N–H and O–H groups in total. The molecule has 3 atom stereocenters. The van der Waals surface area contributed by atoms with Crippen LogP contribution in [0.4, 0.5) is 4.39 Å². The SMILES string of the molecule is CC(C)CCOC(C)C(=O)NCC(c1c(F)cccc1Cl)N1CCOC(C)C1. The minimum Gasteiger partial charge on any atom is -0.376 e. The lowest BCUT2D eigenvalue weighted by molar-refractivity contribution is -0.132. The normalized spacial score (nSPS) is 20.2. The lowest BCUT2D eigenvalue weighted by Gasteiger charge is -2.38. The van der Waals surface area contributed by atoms with Crippen LogP contribution >= 0.6 is 11.6 Å². The molecule has 1 aromatic rings. The maximum absolute atomic E-state index is 14.6. The summed E-state index contributed by atoms with van der Waals surface area (Å²) < 4.78 is 25.8. The summed E-state index contributed by atoms with van der Waals surface area (Å²) in [5.41, 5.74) is 0.409. The maximum atomic E-state index is 14.6. The number of ether oxygens (including phenoxy) is 2. The van der Waals surface area contributed by atoms with E-state index in [0.29, 0.717) is 42.8 Å². The highest BCUT2D eigenvalue weighted by molar-refractivity contribution is 6.31. The molecule has 0 radical (unpaired) electrons. The zero-order valence-electron chi connectivity index (χ0n) is 17.2. The lowest BCUT2D eigenvalue weighted by atomic mass is 10.0. The number of carbonyl (C=O) groups is 1. The smallest absolute Gasteiger partial charge is 0.248 e. The molecule has 5 nitrogen and oxygen atoms in total. The first kappa shape index (κ1) is 23.1. The molecule has 0 spiro atoms. The Labute approximate surface area is 172 Å². The standard InChI is InChI=1S/C21H32ClFN2O3/c1-14(2)8-10-28-16(4)21(26)24-12-19(25-9-11-27-15(3)13-25)20-17(22)6-5-7-18(20)23/h5-7,14-16,19H,8-13H2,1-4H3,(H,24,26). The van der Waals surface area contributed by atoms with Crippen LogP contribution in [0.3, 0.4) is 0 Å². The molecule has 28 heavy (non-hydrogen) atoms. The molecule has 158 valence electrons. The first-order chi connectivity index (χ1) is 13.3. The quantitative estimate of drug-likeness (QED) is 0.667. The van der Waals surface area contributed by atoms with E-state index in [4.69, 9.17) is 21.1 Å². The van der Waals surface area contributed by atoms with Crippen LogP contribution in [0.25, 0.3) is 0 Å². The molecule has 0 aromatic heterocycles. The van der Waals surface area contributed by atoms with Crippen LogP contribution in [-0.2, 0) is 14.3 Å². The maximum Gasteiger partial charge on any atom is 0.248 e.